The second-order valence-electron chi connectivity index (χ2n) is 9.10. The molecule has 0 aliphatic carbocycles. The Hall–Kier alpha value is -2.60. The maximum atomic E-state index is 13.7. The van der Waals surface area contributed by atoms with Gasteiger partial charge in [-0.3, -0.25) is 14.2 Å². The Bertz CT molecular complexity index is 1070. The Morgan fingerprint density at radius 3 is 2.58 bits per heavy atom. The monoisotopic (exact) mass is 528 g/mol. The van der Waals surface area contributed by atoms with E-state index in [1.807, 2.05) is 6.92 Å². The molecule has 2 rings (SSSR count). The Morgan fingerprint density at radius 1 is 1.19 bits per heavy atom. The third-order valence-corrected chi connectivity index (χ3v) is 6.77. The van der Waals surface area contributed by atoms with Crippen molar-refractivity contribution in [3.8, 4) is 0 Å². The van der Waals surface area contributed by atoms with Gasteiger partial charge in [-0.05, 0) is 41.0 Å². The number of esters is 2. The maximum absolute atomic E-state index is 13.7. The Kier molecular flexibility index (Phi) is 10.8. The van der Waals surface area contributed by atoms with Gasteiger partial charge < -0.3 is 29.0 Å². The molecule has 0 saturated carbocycles. The molecule has 36 heavy (non-hydrogen) atoms. The van der Waals surface area contributed by atoms with Crippen molar-refractivity contribution in [2.24, 2.45) is 0 Å². The number of nitrogens with one attached hydrogen (secondary N) is 1. The van der Waals surface area contributed by atoms with E-state index >= 15 is 0 Å². The molecule has 0 fully saturated rings. The predicted molar refractivity (Wildman–Crippen MR) is 133 cm³/mol. The zero-order valence-electron chi connectivity index (χ0n) is 21.7. The first kappa shape index (κ1) is 29.6. The minimum atomic E-state index is -3.77. The van der Waals surface area contributed by atoms with Crippen LogP contribution in [0.5, 0.6) is 0 Å². The number of nitrogens with two attached hydrogens (primary N) is 1. The lowest BCUT2D eigenvalue weighted by atomic mass is 10.1. The number of hydrogen-bond donors (Lipinski definition) is 2. The average molecular weight is 529 g/mol. The molecule has 0 aromatic carbocycles. The lowest BCUT2D eigenvalue weighted by molar-refractivity contribution is -0.150. The average Bonchev–Trinajstić information content (AvgIpc) is 3.19. The highest BCUT2D eigenvalue weighted by molar-refractivity contribution is 7.56. The van der Waals surface area contributed by atoms with Crippen molar-refractivity contribution in [3.63, 3.8) is 0 Å². The van der Waals surface area contributed by atoms with Gasteiger partial charge in [-0.1, -0.05) is 6.92 Å². The van der Waals surface area contributed by atoms with Crippen molar-refractivity contribution in [3.05, 3.63) is 12.7 Å². The van der Waals surface area contributed by atoms with Gasteiger partial charge in [0.2, 0.25) is 0 Å². The van der Waals surface area contributed by atoms with E-state index in [0.717, 1.165) is 0 Å². The first-order chi connectivity index (χ1) is 16.9. The molecule has 202 valence electrons. The molecule has 13 nitrogen and oxygen atoms in total. The molecule has 0 bridgehead atoms. The Morgan fingerprint density at radius 2 is 1.92 bits per heavy atom. The molecule has 0 amide bonds. The smallest absolute Gasteiger partial charge is 0.326 e. The van der Waals surface area contributed by atoms with E-state index in [0.29, 0.717) is 24.1 Å². The topological polar surface area (TPSA) is 170 Å². The first-order valence-corrected chi connectivity index (χ1v) is 13.6. The minimum Gasteiger partial charge on any atom is -0.464 e. The van der Waals surface area contributed by atoms with Gasteiger partial charge >= 0.3 is 11.9 Å². The van der Waals surface area contributed by atoms with E-state index in [-0.39, 0.29) is 37.9 Å². The summed E-state index contributed by atoms with van der Waals surface area (Å²) in [7, 11) is -3.77. The number of carbonyl (C=O) groups excluding carboxylic acids is 2. The van der Waals surface area contributed by atoms with Crippen LogP contribution < -0.4 is 10.8 Å². The van der Waals surface area contributed by atoms with Crippen LogP contribution >= 0.6 is 7.52 Å². The van der Waals surface area contributed by atoms with Gasteiger partial charge in [-0.15, -0.1) is 0 Å². The van der Waals surface area contributed by atoms with Gasteiger partial charge in [0.15, 0.2) is 11.5 Å². The number of nitrogens with zero attached hydrogens (tertiary/aromatic N) is 4. The molecule has 14 heteroatoms. The maximum Gasteiger partial charge on any atom is 0.326 e. The molecule has 2 heterocycles. The van der Waals surface area contributed by atoms with Crippen LogP contribution in [0.1, 0.15) is 54.4 Å². The zero-order valence-corrected chi connectivity index (χ0v) is 22.6. The third-order valence-electron chi connectivity index (χ3n) is 4.78. The predicted octanol–water partition coefficient (Wildman–Crippen LogP) is 2.64. The zero-order chi connectivity index (χ0) is 26.9. The van der Waals surface area contributed by atoms with E-state index < -0.39 is 31.1 Å². The largest absolute Gasteiger partial charge is 0.464 e. The highest BCUT2D eigenvalue weighted by atomic mass is 31.2. The van der Waals surface area contributed by atoms with Crippen LogP contribution in [0.15, 0.2) is 12.7 Å². The van der Waals surface area contributed by atoms with Gasteiger partial charge in [-0.25, -0.2) is 20.0 Å². The summed E-state index contributed by atoms with van der Waals surface area (Å²) >= 11 is 0. The number of fused-ring (bicyclic) bond motifs is 1. The van der Waals surface area contributed by atoms with Crippen molar-refractivity contribution in [2.45, 2.75) is 78.7 Å². The van der Waals surface area contributed by atoms with E-state index in [2.05, 4.69) is 20.0 Å². The van der Waals surface area contributed by atoms with E-state index in [4.69, 9.17) is 24.5 Å². The SMILES string of the molecule is CCCOC(=O)C(C)(C)NP(=O)(CO[C@H](C)Cn1cnc2c(N)ncnc21)OCCC(=O)OC(C)C. The second-order valence-corrected chi connectivity index (χ2v) is 11.2. The Labute approximate surface area is 210 Å². The second kappa shape index (κ2) is 13.1. The van der Waals surface area contributed by atoms with Crippen LogP contribution in [0.2, 0.25) is 0 Å². The van der Waals surface area contributed by atoms with Crippen molar-refractivity contribution < 1.29 is 32.9 Å². The van der Waals surface area contributed by atoms with Gasteiger partial charge in [0.25, 0.3) is 7.52 Å². The number of nitrogen functional groups attached to an aromatic ring is 1. The molecular weight excluding hydrogens is 491 g/mol. The van der Waals surface area contributed by atoms with Crippen LogP contribution in [0.4, 0.5) is 5.82 Å². The molecule has 0 saturated heterocycles. The molecule has 2 atom stereocenters. The number of rotatable bonds is 15. The van der Waals surface area contributed by atoms with Crippen LogP contribution in [0.3, 0.4) is 0 Å². The van der Waals surface area contributed by atoms with Crippen molar-refractivity contribution >= 4 is 36.4 Å². The van der Waals surface area contributed by atoms with Crippen molar-refractivity contribution in [1.82, 2.24) is 24.6 Å². The fourth-order valence-corrected chi connectivity index (χ4v) is 5.12. The fraction of sp³-hybridized carbons (Fsp3) is 0.682. The van der Waals surface area contributed by atoms with Gasteiger partial charge in [0.05, 0.1) is 44.7 Å². The van der Waals surface area contributed by atoms with E-state index in [1.165, 1.54) is 6.33 Å². The lowest BCUT2D eigenvalue weighted by Gasteiger charge is -2.30. The number of imidazole rings is 1. The van der Waals surface area contributed by atoms with Crippen LogP contribution in [0, 0.1) is 0 Å². The number of ether oxygens (including phenoxy) is 3. The summed E-state index contributed by atoms with van der Waals surface area (Å²) in [5.41, 5.74) is 5.52. The molecule has 0 radical (unpaired) electrons. The molecule has 1 unspecified atom stereocenters. The summed E-state index contributed by atoms with van der Waals surface area (Å²) in [6, 6.07) is 0. The van der Waals surface area contributed by atoms with Crippen molar-refractivity contribution in [1.29, 1.82) is 0 Å². The highest BCUT2D eigenvalue weighted by Crippen LogP contribution is 2.45. The number of anilines is 1. The molecule has 0 spiro atoms. The van der Waals surface area contributed by atoms with Gasteiger partial charge in [0, 0.05) is 0 Å². The van der Waals surface area contributed by atoms with Crippen LogP contribution in [0.25, 0.3) is 11.2 Å². The highest BCUT2D eigenvalue weighted by Gasteiger charge is 2.38. The minimum absolute atomic E-state index is 0.109. The molecule has 2 aromatic heterocycles. The number of hydrogen-bond acceptors (Lipinski definition) is 11. The molecular formula is C22H37N6O7P. The van der Waals surface area contributed by atoms with E-state index in [9.17, 15) is 14.2 Å². The summed E-state index contributed by atoms with van der Waals surface area (Å²) in [5.74, 6) is -0.800. The summed E-state index contributed by atoms with van der Waals surface area (Å²) in [6.45, 7) is 10.6. The van der Waals surface area contributed by atoms with Crippen molar-refractivity contribution in [2.75, 3.05) is 25.3 Å². The fourth-order valence-electron chi connectivity index (χ4n) is 3.13. The standard InChI is InChI=1S/C22H37N6O7P/c1-7-9-32-21(30)22(5,6)27-36(31,34-10-8-17(29)35-15(2)3)14-33-16(4)11-28-13-26-18-19(23)24-12-25-20(18)28/h12-13,15-16H,7-11,14H2,1-6H3,(H,27,31)(H2,23,24,25)/t16-,36?/m1/s1. The number of aromatic nitrogens is 4. The van der Waals surface area contributed by atoms with Crippen LogP contribution in [-0.2, 0) is 39.4 Å². The molecule has 2 aromatic rings. The van der Waals surface area contributed by atoms with Gasteiger partial charge in [-0.2, -0.15) is 0 Å². The molecule has 3 N–H and O–H groups in total. The quantitative estimate of drug-likeness (QED) is 0.256. The summed E-state index contributed by atoms with van der Waals surface area (Å²) in [5, 5.41) is 2.77. The van der Waals surface area contributed by atoms with Crippen LogP contribution in [-0.4, -0.2) is 68.8 Å². The normalized spacial score (nSPS) is 14.5. The molecule has 0 aliphatic heterocycles. The first-order valence-electron chi connectivity index (χ1n) is 11.8. The molecule has 0 aliphatic rings. The third kappa shape index (κ3) is 8.81. The Balaban J connectivity index is 2.08. The summed E-state index contributed by atoms with van der Waals surface area (Å²) in [6.07, 6.45) is 2.36. The van der Waals surface area contributed by atoms with E-state index in [1.54, 1.807) is 45.5 Å². The summed E-state index contributed by atoms with van der Waals surface area (Å²) in [4.78, 5) is 36.7. The lowest BCUT2D eigenvalue weighted by Crippen LogP contribution is -2.47. The summed E-state index contributed by atoms with van der Waals surface area (Å²) < 4.78 is 37.2. The van der Waals surface area contributed by atoms with Gasteiger partial charge in [0.1, 0.15) is 23.7 Å². The number of carbonyl (C=O) groups is 2.